The summed E-state index contributed by atoms with van der Waals surface area (Å²) in [7, 11) is 0. The molecule has 0 radical (unpaired) electrons. The lowest BCUT2D eigenvalue weighted by atomic mass is 10.1. The molecular formula is C25H20ClN3O3S. The van der Waals surface area contributed by atoms with E-state index in [0.717, 1.165) is 27.7 Å². The maximum atomic E-state index is 12.3. The number of carboxylic acid groups (broad SMARTS) is 1. The predicted molar refractivity (Wildman–Crippen MR) is 132 cm³/mol. The Bertz CT molecular complexity index is 1220. The van der Waals surface area contributed by atoms with Crippen molar-refractivity contribution in [3.63, 3.8) is 0 Å². The number of aromatic amines is 1. The smallest absolute Gasteiger partial charge is 0.337 e. The zero-order valence-electron chi connectivity index (χ0n) is 17.4. The van der Waals surface area contributed by atoms with Gasteiger partial charge in [-0.1, -0.05) is 84.0 Å². The molecule has 1 amide bonds. The number of aromatic carboxylic acids is 1. The third kappa shape index (κ3) is 5.63. The Labute approximate surface area is 200 Å². The molecule has 0 bridgehead atoms. The van der Waals surface area contributed by atoms with Crippen LogP contribution in [0.3, 0.4) is 0 Å². The summed E-state index contributed by atoms with van der Waals surface area (Å²) in [5.41, 5.74) is 4.16. The molecule has 0 fully saturated rings. The largest absolute Gasteiger partial charge is 0.478 e. The van der Waals surface area contributed by atoms with Gasteiger partial charge in [0.25, 0.3) is 0 Å². The summed E-state index contributed by atoms with van der Waals surface area (Å²) in [4.78, 5) is 31.7. The molecule has 0 unspecified atom stereocenters. The second kappa shape index (κ2) is 10.4. The standard InChI is InChI=1S/C25H20ClN3O3S/c26-20-12-11-18(15-19(20)24(31)32)27-21(30)13-14-33-25-28-22(16-7-3-1-4-8-16)23(29-25)17-9-5-2-6-10-17/h1-12,15H,13-14H2,(H,27,30)(H,28,29)(H,31,32). The number of hydrogen-bond donors (Lipinski definition) is 3. The Morgan fingerprint density at radius 2 is 1.64 bits per heavy atom. The molecular weight excluding hydrogens is 458 g/mol. The van der Waals surface area contributed by atoms with E-state index in [1.165, 1.54) is 23.9 Å². The van der Waals surface area contributed by atoms with E-state index >= 15 is 0 Å². The van der Waals surface area contributed by atoms with E-state index in [1.807, 2.05) is 60.7 Å². The summed E-state index contributed by atoms with van der Waals surface area (Å²) >= 11 is 7.33. The first-order valence-electron chi connectivity index (χ1n) is 10.2. The maximum Gasteiger partial charge on any atom is 0.337 e. The highest BCUT2D eigenvalue weighted by molar-refractivity contribution is 7.99. The molecule has 166 valence electrons. The first kappa shape index (κ1) is 22.6. The SMILES string of the molecule is O=C(CCSc1nc(-c2ccccc2)c(-c2ccccc2)[nH]1)Nc1ccc(Cl)c(C(=O)O)c1. The van der Waals surface area contributed by atoms with Crippen LogP contribution in [0.2, 0.25) is 5.02 Å². The van der Waals surface area contributed by atoms with Crippen LogP contribution in [-0.4, -0.2) is 32.7 Å². The average molecular weight is 478 g/mol. The van der Waals surface area contributed by atoms with Crippen LogP contribution in [-0.2, 0) is 4.79 Å². The number of benzene rings is 3. The van der Waals surface area contributed by atoms with Gasteiger partial charge in [0.15, 0.2) is 5.16 Å². The summed E-state index contributed by atoms with van der Waals surface area (Å²) in [6.07, 6.45) is 0.234. The van der Waals surface area contributed by atoms with Crippen molar-refractivity contribution in [3.05, 3.63) is 89.4 Å². The van der Waals surface area contributed by atoms with Crippen LogP contribution in [0.25, 0.3) is 22.5 Å². The van der Waals surface area contributed by atoms with Gasteiger partial charge < -0.3 is 15.4 Å². The minimum atomic E-state index is -1.15. The van der Waals surface area contributed by atoms with Crippen LogP contribution in [0.4, 0.5) is 5.69 Å². The van der Waals surface area contributed by atoms with Crippen molar-refractivity contribution in [1.29, 1.82) is 0 Å². The number of carbonyl (C=O) groups excluding carboxylic acids is 1. The third-order valence-electron chi connectivity index (χ3n) is 4.84. The molecule has 0 saturated carbocycles. The molecule has 8 heteroatoms. The van der Waals surface area contributed by atoms with Gasteiger partial charge in [-0.3, -0.25) is 4.79 Å². The molecule has 1 heterocycles. The van der Waals surface area contributed by atoms with Gasteiger partial charge in [0.05, 0.1) is 22.0 Å². The fourth-order valence-electron chi connectivity index (χ4n) is 3.27. The van der Waals surface area contributed by atoms with Crippen molar-refractivity contribution in [2.24, 2.45) is 0 Å². The van der Waals surface area contributed by atoms with E-state index in [1.54, 1.807) is 6.07 Å². The normalized spacial score (nSPS) is 10.7. The number of halogens is 1. The predicted octanol–water partition coefficient (Wildman–Crippen LogP) is 6.22. The number of carbonyl (C=O) groups is 2. The number of nitrogens with zero attached hydrogens (tertiary/aromatic N) is 1. The van der Waals surface area contributed by atoms with Crippen molar-refractivity contribution in [3.8, 4) is 22.5 Å². The Morgan fingerprint density at radius 1 is 0.970 bits per heavy atom. The summed E-state index contributed by atoms with van der Waals surface area (Å²) in [6, 6.07) is 24.3. The minimum Gasteiger partial charge on any atom is -0.478 e. The van der Waals surface area contributed by atoms with Gasteiger partial charge in [0.1, 0.15) is 0 Å². The molecule has 0 spiro atoms. The zero-order chi connectivity index (χ0) is 23.2. The summed E-state index contributed by atoms with van der Waals surface area (Å²) in [5.74, 6) is -0.867. The molecule has 1 aromatic heterocycles. The van der Waals surface area contributed by atoms with E-state index in [2.05, 4.69) is 10.3 Å². The van der Waals surface area contributed by atoms with E-state index < -0.39 is 5.97 Å². The van der Waals surface area contributed by atoms with Crippen molar-refractivity contribution >= 4 is 40.9 Å². The summed E-state index contributed by atoms with van der Waals surface area (Å²) in [5, 5.41) is 12.7. The molecule has 4 aromatic rings. The Kier molecular flexibility index (Phi) is 7.12. The van der Waals surface area contributed by atoms with Crippen LogP contribution in [0.15, 0.2) is 84.0 Å². The fraction of sp³-hybridized carbons (Fsp3) is 0.0800. The number of H-pyrrole nitrogens is 1. The second-order valence-corrected chi connectivity index (χ2v) is 8.63. The quantitative estimate of drug-likeness (QED) is 0.262. The molecule has 0 aliphatic carbocycles. The van der Waals surface area contributed by atoms with Crippen molar-refractivity contribution < 1.29 is 14.7 Å². The highest BCUT2D eigenvalue weighted by Gasteiger charge is 2.15. The lowest BCUT2D eigenvalue weighted by Crippen LogP contribution is -2.13. The molecule has 6 nitrogen and oxygen atoms in total. The number of rotatable bonds is 8. The molecule has 3 N–H and O–H groups in total. The topological polar surface area (TPSA) is 95.1 Å². The molecule has 0 aliphatic heterocycles. The molecule has 33 heavy (non-hydrogen) atoms. The average Bonchev–Trinajstić information content (AvgIpc) is 3.25. The van der Waals surface area contributed by atoms with Gasteiger partial charge in [-0.25, -0.2) is 9.78 Å². The zero-order valence-corrected chi connectivity index (χ0v) is 19.0. The first-order valence-corrected chi connectivity index (χ1v) is 11.5. The molecule has 3 aromatic carbocycles. The fourth-order valence-corrected chi connectivity index (χ4v) is 4.28. The number of imidazole rings is 1. The third-order valence-corrected chi connectivity index (χ3v) is 6.04. The van der Waals surface area contributed by atoms with Gasteiger partial charge in [-0.2, -0.15) is 0 Å². The van der Waals surface area contributed by atoms with Crippen molar-refractivity contribution in [2.75, 3.05) is 11.1 Å². The van der Waals surface area contributed by atoms with Crippen LogP contribution >= 0.6 is 23.4 Å². The highest BCUT2D eigenvalue weighted by Crippen LogP contribution is 2.32. The number of hydrogen-bond acceptors (Lipinski definition) is 4. The van der Waals surface area contributed by atoms with Crippen molar-refractivity contribution in [1.82, 2.24) is 9.97 Å². The van der Waals surface area contributed by atoms with E-state index in [9.17, 15) is 9.59 Å². The Hall–Kier alpha value is -3.55. The van der Waals surface area contributed by atoms with Gasteiger partial charge in [-0.05, 0) is 18.2 Å². The van der Waals surface area contributed by atoms with Gasteiger partial charge >= 0.3 is 5.97 Å². The van der Waals surface area contributed by atoms with Crippen LogP contribution in [0, 0.1) is 0 Å². The van der Waals surface area contributed by atoms with Gasteiger partial charge in [0, 0.05) is 29.0 Å². The molecule has 0 atom stereocenters. The van der Waals surface area contributed by atoms with Crippen molar-refractivity contribution in [2.45, 2.75) is 11.6 Å². The van der Waals surface area contributed by atoms with E-state index in [0.29, 0.717) is 11.4 Å². The number of nitrogens with one attached hydrogen (secondary N) is 2. The number of anilines is 1. The number of thioether (sulfide) groups is 1. The Balaban J connectivity index is 1.44. The second-order valence-electron chi connectivity index (χ2n) is 7.14. The summed E-state index contributed by atoms with van der Waals surface area (Å²) < 4.78 is 0. The lowest BCUT2D eigenvalue weighted by Gasteiger charge is -2.07. The minimum absolute atomic E-state index is 0.0543. The van der Waals surface area contributed by atoms with Crippen LogP contribution in [0.1, 0.15) is 16.8 Å². The van der Waals surface area contributed by atoms with Crippen LogP contribution < -0.4 is 5.32 Å². The number of amides is 1. The molecule has 4 rings (SSSR count). The molecule has 0 saturated heterocycles. The van der Waals surface area contributed by atoms with E-state index in [-0.39, 0.29) is 22.9 Å². The monoisotopic (exact) mass is 477 g/mol. The number of carboxylic acids is 1. The molecule has 0 aliphatic rings. The van der Waals surface area contributed by atoms with Crippen LogP contribution in [0.5, 0.6) is 0 Å². The van der Waals surface area contributed by atoms with Gasteiger partial charge in [0.2, 0.25) is 5.91 Å². The van der Waals surface area contributed by atoms with E-state index in [4.69, 9.17) is 21.7 Å². The highest BCUT2D eigenvalue weighted by atomic mass is 35.5. The summed E-state index contributed by atoms with van der Waals surface area (Å²) in [6.45, 7) is 0. The first-order chi connectivity index (χ1) is 16.0. The van der Waals surface area contributed by atoms with Gasteiger partial charge in [-0.15, -0.1) is 0 Å². The number of aromatic nitrogens is 2. The maximum absolute atomic E-state index is 12.3. The lowest BCUT2D eigenvalue weighted by molar-refractivity contribution is -0.115. The Morgan fingerprint density at radius 3 is 2.30 bits per heavy atom.